The summed E-state index contributed by atoms with van der Waals surface area (Å²) in [5.74, 6) is 0.0191. The van der Waals surface area contributed by atoms with Crippen LogP contribution >= 0.6 is 0 Å². The maximum absolute atomic E-state index is 12.8. The van der Waals surface area contributed by atoms with Gasteiger partial charge in [0.1, 0.15) is 0 Å². The Morgan fingerprint density at radius 1 is 0.741 bits per heavy atom. The fourth-order valence-electron chi connectivity index (χ4n) is 2.65. The summed E-state index contributed by atoms with van der Waals surface area (Å²) in [4.78, 5) is 14.6. The molecule has 142 valence electrons. The molecule has 0 aromatic heterocycles. The molecule has 0 bridgehead atoms. The van der Waals surface area contributed by atoms with E-state index in [2.05, 4.69) is 0 Å². The SMILES string of the molecule is O=C(c1ccccc1)N(Cc1ccccc1)[c-]1cccc1.[Fe].[cH-]1[cH-][cH-][cH-][cH-]1. The van der Waals surface area contributed by atoms with E-state index in [1.165, 1.54) is 0 Å². The average Bonchev–Trinajstić information content (AvgIpc) is 3.44. The maximum Gasteiger partial charge on any atom is 0.182 e. The third kappa shape index (κ3) is 6.10. The van der Waals surface area contributed by atoms with E-state index >= 15 is 0 Å². The van der Waals surface area contributed by atoms with Crippen molar-refractivity contribution < 1.29 is 21.9 Å². The Kier molecular flexibility index (Phi) is 8.31. The van der Waals surface area contributed by atoms with E-state index in [0.717, 1.165) is 11.3 Å². The molecule has 1 amide bonds. The quantitative estimate of drug-likeness (QED) is 0.323. The van der Waals surface area contributed by atoms with Crippen molar-refractivity contribution in [1.29, 1.82) is 0 Å². The van der Waals surface area contributed by atoms with Crippen LogP contribution in [0.4, 0.5) is 5.69 Å². The Morgan fingerprint density at radius 2 is 1.22 bits per heavy atom. The molecule has 0 heterocycles. The number of carbonyl (C=O) groups excluding carboxylic acids is 1. The van der Waals surface area contributed by atoms with Crippen LogP contribution < -0.4 is 4.90 Å². The van der Waals surface area contributed by atoms with Crippen molar-refractivity contribution in [2.45, 2.75) is 6.54 Å². The molecule has 4 aromatic rings. The van der Waals surface area contributed by atoms with Crippen molar-refractivity contribution in [2.75, 3.05) is 4.90 Å². The minimum Gasteiger partial charge on any atom is -0.748 e. The molecule has 4 rings (SSSR count). The number of anilines is 1. The average molecular weight is 395 g/mol. The Labute approximate surface area is 171 Å². The number of nitrogens with zero attached hydrogens (tertiary/aromatic N) is 1. The molecule has 4 aromatic carbocycles. The zero-order valence-corrected chi connectivity index (χ0v) is 16.0. The van der Waals surface area contributed by atoms with Crippen molar-refractivity contribution >= 4 is 11.6 Å². The third-order valence-corrected chi connectivity index (χ3v) is 3.96. The fourth-order valence-corrected chi connectivity index (χ4v) is 2.65. The van der Waals surface area contributed by atoms with Crippen LogP contribution in [0.5, 0.6) is 0 Å². The van der Waals surface area contributed by atoms with Crippen LogP contribution in [-0.4, -0.2) is 5.91 Å². The molecule has 0 aliphatic heterocycles. The first kappa shape index (κ1) is 20.4. The van der Waals surface area contributed by atoms with Crippen molar-refractivity contribution in [2.24, 2.45) is 0 Å². The van der Waals surface area contributed by atoms with Gasteiger partial charge in [-0.05, 0) is 16.8 Å². The molecule has 0 atom stereocenters. The van der Waals surface area contributed by atoms with E-state index in [9.17, 15) is 4.79 Å². The van der Waals surface area contributed by atoms with Gasteiger partial charge in [0, 0.05) is 23.6 Å². The minimum atomic E-state index is 0. The molecular weight excluding hydrogens is 374 g/mol. The predicted molar refractivity (Wildman–Crippen MR) is 107 cm³/mol. The van der Waals surface area contributed by atoms with Gasteiger partial charge in [-0.1, -0.05) is 60.7 Å². The van der Waals surface area contributed by atoms with E-state index < -0.39 is 0 Å². The second-order valence-corrected chi connectivity index (χ2v) is 5.85. The van der Waals surface area contributed by atoms with E-state index in [0.29, 0.717) is 12.1 Å². The Morgan fingerprint density at radius 3 is 1.74 bits per heavy atom. The van der Waals surface area contributed by atoms with Gasteiger partial charge in [-0.25, -0.2) is 0 Å². The molecule has 0 spiro atoms. The van der Waals surface area contributed by atoms with E-state index in [4.69, 9.17) is 0 Å². The number of hydrogen-bond donors (Lipinski definition) is 0. The van der Waals surface area contributed by atoms with Crippen LogP contribution in [0.1, 0.15) is 15.9 Å². The largest absolute Gasteiger partial charge is 0.748 e. The summed E-state index contributed by atoms with van der Waals surface area (Å²) >= 11 is 0. The molecule has 0 saturated carbocycles. The molecular formula is C24H21FeNO-6. The predicted octanol–water partition coefficient (Wildman–Crippen LogP) is 5.66. The molecule has 2 nitrogen and oxygen atoms in total. The summed E-state index contributed by atoms with van der Waals surface area (Å²) in [5.41, 5.74) is 2.74. The first-order chi connectivity index (χ1) is 12.8. The summed E-state index contributed by atoms with van der Waals surface area (Å²) < 4.78 is 0. The van der Waals surface area contributed by atoms with Gasteiger partial charge in [0.05, 0.1) is 0 Å². The molecule has 3 heteroatoms. The molecule has 0 aliphatic rings. The fraction of sp³-hybridized carbons (Fsp3) is 0.0417. The third-order valence-electron chi connectivity index (χ3n) is 3.96. The van der Waals surface area contributed by atoms with Crippen LogP contribution in [0.2, 0.25) is 0 Å². The van der Waals surface area contributed by atoms with Gasteiger partial charge in [0.2, 0.25) is 0 Å². The Bertz CT molecular complexity index is 852. The number of carbonyl (C=O) groups is 1. The first-order valence-electron chi connectivity index (χ1n) is 8.64. The Hall–Kier alpha value is -2.87. The molecule has 0 saturated heterocycles. The molecule has 0 aliphatic carbocycles. The van der Waals surface area contributed by atoms with Gasteiger partial charge in [-0.15, -0.1) is 12.1 Å². The summed E-state index contributed by atoms with van der Waals surface area (Å²) in [6.45, 7) is 0.568. The zero-order chi connectivity index (χ0) is 18.0. The zero-order valence-electron chi connectivity index (χ0n) is 14.9. The topological polar surface area (TPSA) is 20.3 Å². The van der Waals surface area contributed by atoms with Gasteiger partial charge < -0.3 is 40.0 Å². The second kappa shape index (κ2) is 11.0. The van der Waals surface area contributed by atoms with Crippen molar-refractivity contribution in [3.63, 3.8) is 0 Å². The van der Waals surface area contributed by atoms with Gasteiger partial charge >= 0.3 is 0 Å². The number of amides is 1. The van der Waals surface area contributed by atoms with Gasteiger partial charge in [-0.3, -0.25) is 0 Å². The standard InChI is InChI=1S/C19H16NO.C5H5.Fe/c21-19(17-11-5-2-6-12-17)20(18-13-7-8-14-18)15-16-9-3-1-4-10-16;1-2-4-5-3-1;/h1-14H,15H2;1-5H;/q-1;-5;. The molecule has 0 unspecified atom stereocenters. The van der Waals surface area contributed by atoms with Crippen LogP contribution in [-0.2, 0) is 23.6 Å². The molecule has 0 radical (unpaired) electrons. The van der Waals surface area contributed by atoms with Crippen LogP contribution in [0.3, 0.4) is 0 Å². The normalized spacial score (nSPS) is 9.48. The minimum absolute atomic E-state index is 0. The Balaban J connectivity index is 0.000000379. The number of rotatable bonds is 4. The summed E-state index contributed by atoms with van der Waals surface area (Å²) in [6, 6.07) is 37.3. The maximum atomic E-state index is 12.8. The van der Waals surface area contributed by atoms with Crippen molar-refractivity contribution in [3.05, 3.63) is 126 Å². The smallest absolute Gasteiger partial charge is 0.182 e. The molecule has 27 heavy (non-hydrogen) atoms. The molecule has 0 fully saturated rings. The van der Waals surface area contributed by atoms with Gasteiger partial charge in [0.15, 0.2) is 5.91 Å². The monoisotopic (exact) mass is 395 g/mol. The van der Waals surface area contributed by atoms with Crippen molar-refractivity contribution in [1.82, 2.24) is 0 Å². The van der Waals surface area contributed by atoms with Crippen LogP contribution in [0.15, 0.2) is 115 Å². The van der Waals surface area contributed by atoms with Crippen LogP contribution in [0, 0.1) is 0 Å². The van der Waals surface area contributed by atoms with E-state index in [1.54, 1.807) is 0 Å². The first-order valence-corrected chi connectivity index (χ1v) is 8.64. The van der Waals surface area contributed by atoms with Crippen LogP contribution in [0.25, 0.3) is 0 Å². The summed E-state index contributed by atoms with van der Waals surface area (Å²) in [5, 5.41) is 0. The van der Waals surface area contributed by atoms with E-state index in [1.807, 2.05) is 120 Å². The summed E-state index contributed by atoms with van der Waals surface area (Å²) in [7, 11) is 0. The number of benzene rings is 2. The van der Waals surface area contributed by atoms with E-state index in [-0.39, 0.29) is 23.0 Å². The van der Waals surface area contributed by atoms with Gasteiger partial charge in [0.25, 0.3) is 0 Å². The summed E-state index contributed by atoms with van der Waals surface area (Å²) in [6.07, 6.45) is 0. The van der Waals surface area contributed by atoms with Crippen molar-refractivity contribution in [3.8, 4) is 0 Å². The second-order valence-electron chi connectivity index (χ2n) is 5.85. The number of hydrogen-bond acceptors (Lipinski definition) is 1. The molecule has 0 N–H and O–H groups in total. The van der Waals surface area contributed by atoms with Gasteiger partial charge in [-0.2, -0.15) is 12.1 Å².